The Balaban J connectivity index is 1.38. The smallest absolute Gasteiger partial charge is 0.409 e. The minimum absolute atomic E-state index is 0.204. The van der Waals surface area contributed by atoms with Gasteiger partial charge in [-0.1, -0.05) is 30.3 Å². The van der Waals surface area contributed by atoms with E-state index in [-0.39, 0.29) is 11.5 Å². The number of benzene rings is 3. The molecule has 7 nitrogen and oxygen atoms in total. The van der Waals surface area contributed by atoms with E-state index in [9.17, 15) is 9.59 Å². The number of hydrogen-bond donors (Lipinski definition) is 3. The maximum Gasteiger partial charge on any atom is 0.409 e. The molecule has 5 aromatic rings. The lowest BCUT2D eigenvalue weighted by Gasteiger charge is -2.05. The van der Waals surface area contributed by atoms with Gasteiger partial charge in [-0.15, -0.1) is 0 Å². The molecule has 0 unspecified atom stereocenters. The number of anilines is 1. The van der Waals surface area contributed by atoms with Crippen molar-refractivity contribution in [1.29, 1.82) is 0 Å². The Morgan fingerprint density at radius 1 is 0.938 bits per heavy atom. The quantitative estimate of drug-likeness (QED) is 0.297. The fraction of sp³-hybridized carbons (Fsp3) is 0.0400. The molecule has 0 bridgehead atoms. The van der Waals surface area contributed by atoms with Crippen molar-refractivity contribution in [3.8, 4) is 5.75 Å². The number of hydrogen-bond acceptors (Lipinski definition) is 4. The largest absolute Gasteiger partial charge is 0.489 e. The standard InChI is InChI=1S/C25H18N2O5/c28-24(21-12-16-10-18(26-25(29)30)6-8-20(16)27-21)23-13-17-11-19(7-9-22(17)32-23)31-14-15-4-2-1-3-5-15/h1-13,26-27H,14H2,(H,29,30). The number of furan rings is 1. The SMILES string of the molecule is O=C(O)Nc1ccc2[nH]c(C(=O)c3cc4cc(OCc5ccccc5)ccc4o3)cc2c1. The van der Waals surface area contributed by atoms with Crippen LogP contribution in [0.2, 0.25) is 0 Å². The predicted octanol–water partition coefficient (Wildman–Crippen LogP) is 5.81. The van der Waals surface area contributed by atoms with Crippen molar-refractivity contribution in [3.05, 3.63) is 95.9 Å². The third-order valence-corrected chi connectivity index (χ3v) is 5.08. The van der Waals surface area contributed by atoms with E-state index in [2.05, 4.69) is 10.3 Å². The Kier molecular flexibility index (Phi) is 4.84. The van der Waals surface area contributed by atoms with Crippen molar-refractivity contribution >= 4 is 39.4 Å². The molecule has 2 heterocycles. The number of aromatic nitrogens is 1. The first-order valence-corrected chi connectivity index (χ1v) is 9.93. The van der Waals surface area contributed by atoms with Crippen molar-refractivity contribution in [2.45, 2.75) is 6.61 Å². The van der Waals surface area contributed by atoms with E-state index in [1.165, 1.54) is 0 Å². The summed E-state index contributed by atoms with van der Waals surface area (Å²) in [5.41, 5.74) is 3.15. The van der Waals surface area contributed by atoms with Gasteiger partial charge < -0.3 is 19.2 Å². The molecule has 32 heavy (non-hydrogen) atoms. The normalized spacial score (nSPS) is 11.0. The lowest BCUT2D eigenvalue weighted by atomic mass is 10.2. The highest BCUT2D eigenvalue weighted by Gasteiger charge is 2.17. The van der Waals surface area contributed by atoms with Crippen molar-refractivity contribution < 1.29 is 23.8 Å². The molecule has 5 rings (SSSR count). The van der Waals surface area contributed by atoms with Crippen LogP contribution in [0.1, 0.15) is 21.8 Å². The monoisotopic (exact) mass is 426 g/mol. The molecule has 1 amide bonds. The molecular formula is C25H18N2O5. The zero-order chi connectivity index (χ0) is 22.1. The molecule has 0 aliphatic rings. The van der Waals surface area contributed by atoms with Crippen LogP contribution in [0.15, 0.2) is 83.3 Å². The third-order valence-electron chi connectivity index (χ3n) is 5.08. The van der Waals surface area contributed by atoms with Gasteiger partial charge in [-0.25, -0.2) is 4.79 Å². The average Bonchev–Trinajstić information content (AvgIpc) is 3.41. The second-order valence-electron chi connectivity index (χ2n) is 7.33. The van der Waals surface area contributed by atoms with E-state index in [4.69, 9.17) is 14.3 Å². The van der Waals surface area contributed by atoms with Crippen LogP contribution in [0, 0.1) is 0 Å². The highest BCUT2D eigenvalue weighted by molar-refractivity contribution is 6.10. The molecule has 0 radical (unpaired) electrons. The summed E-state index contributed by atoms with van der Waals surface area (Å²) in [5, 5.41) is 12.6. The number of H-pyrrole nitrogens is 1. The molecule has 7 heteroatoms. The van der Waals surface area contributed by atoms with Gasteiger partial charge in [0, 0.05) is 22.0 Å². The first-order chi connectivity index (χ1) is 15.5. The van der Waals surface area contributed by atoms with E-state index >= 15 is 0 Å². The van der Waals surface area contributed by atoms with Crippen LogP contribution in [0.25, 0.3) is 21.9 Å². The van der Waals surface area contributed by atoms with E-state index < -0.39 is 6.09 Å². The molecule has 3 N–H and O–H groups in total. The fourth-order valence-electron chi connectivity index (χ4n) is 3.55. The molecule has 0 spiro atoms. The Morgan fingerprint density at radius 2 is 1.78 bits per heavy atom. The number of carboxylic acid groups (broad SMARTS) is 1. The van der Waals surface area contributed by atoms with Gasteiger partial charge >= 0.3 is 6.09 Å². The predicted molar refractivity (Wildman–Crippen MR) is 120 cm³/mol. The molecule has 0 saturated heterocycles. The first kappa shape index (κ1) is 19.4. The van der Waals surface area contributed by atoms with Crippen LogP contribution in [0.5, 0.6) is 5.75 Å². The molecule has 158 valence electrons. The molecule has 2 aromatic heterocycles. The maximum atomic E-state index is 13.0. The van der Waals surface area contributed by atoms with Crippen LogP contribution < -0.4 is 10.1 Å². The van der Waals surface area contributed by atoms with E-state index in [0.29, 0.717) is 34.7 Å². The van der Waals surface area contributed by atoms with Crippen molar-refractivity contribution in [1.82, 2.24) is 4.98 Å². The highest BCUT2D eigenvalue weighted by Crippen LogP contribution is 2.27. The van der Waals surface area contributed by atoms with Crippen LogP contribution in [-0.4, -0.2) is 22.0 Å². The Morgan fingerprint density at radius 3 is 2.59 bits per heavy atom. The summed E-state index contributed by atoms with van der Waals surface area (Å²) >= 11 is 0. The summed E-state index contributed by atoms with van der Waals surface area (Å²) in [6, 6.07) is 23.7. The van der Waals surface area contributed by atoms with Gasteiger partial charge in [0.05, 0.1) is 5.69 Å². The number of amides is 1. The second kappa shape index (κ2) is 7.96. The Labute approximate surface area is 182 Å². The molecule has 0 aliphatic carbocycles. The summed E-state index contributed by atoms with van der Waals surface area (Å²) < 4.78 is 11.6. The second-order valence-corrected chi connectivity index (χ2v) is 7.33. The van der Waals surface area contributed by atoms with Crippen molar-refractivity contribution in [2.24, 2.45) is 0 Å². The summed E-state index contributed by atoms with van der Waals surface area (Å²) in [5.74, 6) is 0.595. The third kappa shape index (κ3) is 3.91. The van der Waals surface area contributed by atoms with E-state index in [1.807, 2.05) is 42.5 Å². The first-order valence-electron chi connectivity index (χ1n) is 9.93. The minimum atomic E-state index is -1.15. The van der Waals surface area contributed by atoms with Gasteiger partial charge in [-0.05, 0) is 54.1 Å². The maximum absolute atomic E-state index is 13.0. The van der Waals surface area contributed by atoms with Crippen LogP contribution >= 0.6 is 0 Å². The Hall–Kier alpha value is -4.52. The van der Waals surface area contributed by atoms with Crippen LogP contribution in [0.3, 0.4) is 0 Å². The lowest BCUT2D eigenvalue weighted by Crippen LogP contribution is -2.06. The summed E-state index contributed by atoms with van der Waals surface area (Å²) in [7, 11) is 0. The zero-order valence-electron chi connectivity index (χ0n) is 16.8. The van der Waals surface area contributed by atoms with Gasteiger partial charge in [0.25, 0.3) is 0 Å². The molecular weight excluding hydrogens is 408 g/mol. The molecule has 0 aliphatic heterocycles. The molecule has 3 aromatic carbocycles. The van der Waals surface area contributed by atoms with Gasteiger partial charge in [0.1, 0.15) is 17.9 Å². The number of ketones is 1. The van der Waals surface area contributed by atoms with Gasteiger partial charge in [0.15, 0.2) is 5.76 Å². The van der Waals surface area contributed by atoms with E-state index in [1.54, 1.807) is 36.4 Å². The summed E-state index contributed by atoms with van der Waals surface area (Å²) in [6.45, 7) is 0.448. The number of ether oxygens (including phenoxy) is 1. The minimum Gasteiger partial charge on any atom is -0.489 e. The fourth-order valence-corrected chi connectivity index (χ4v) is 3.55. The number of carbonyl (C=O) groups is 2. The van der Waals surface area contributed by atoms with Gasteiger partial charge in [0.2, 0.25) is 5.78 Å². The summed E-state index contributed by atoms with van der Waals surface area (Å²) in [4.78, 5) is 26.9. The number of fused-ring (bicyclic) bond motifs is 2. The number of aromatic amines is 1. The van der Waals surface area contributed by atoms with Gasteiger partial charge in [-0.3, -0.25) is 10.1 Å². The Bertz CT molecular complexity index is 1450. The van der Waals surface area contributed by atoms with Crippen LogP contribution in [0.4, 0.5) is 10.5 Å². The number of rotatable bonds is 6. The van der Waals surface area contributed by atoms with Crippen molar-refractivity contribution in [2.75, 3.05) is 5.32 Å². The van der Waals surface area contributed by atoms with Gasteiger partial charge in [-0.2, -0.15) is 0 Å². The number of nitrogens with one attached hydrogen (secondary N) is 2. The van der Waals surface area contributed by atoms with Crippen LogP contribution in [-0.2, 0) is 6.61 Å². The summed E-state index contributed by atoms with van der Waals surface area (Å²) in [6.07, 6.45) is -1.15. The average molecular weight is 426 g/mol. The molecule has 0 fully saturated rings. The zero-order valence-corrected chi connectivity index (χ0v) is 16.8. The lowest BCUT2D eigenvalue weighted by molar-refractivity contribution is 0.101. The van der Waals surface area contributed by atoms with Crippen molar-refractivity contribution in [3.63, 3.8) is 0 Å². The highest BCUT2D eigenvalue weighted by atomic mass is 16.5. The number of carbonyl (C=O) groups excluding carboxylic acids is 1. The molecule has 0 saturated carbocycles. The topological polar surface area (TPSA) is 105 Å². The van der Waals surface area contributed by atoms with E-state index in [0.717, 1.165) is 16.5 Å². The molecule has 0 atom stereocenters.